The highest BCUT2D eigenvalue weighted by Crippen LogP contribution is 2.29. The lowest BCUT2D eigenvalue weighted by molar-refractivity contribution is -0.137. The molecule has 0 atom stereocenters. The van der Waals surface area contributed by atoms with E-state index in [1.807, 2.05) is 0 Å². The molecule has 0 aliphatic heterocycles. The minimum Gasteiger partial charge on any atom is -0.293 e. The molecular formula is C14H10F3NOS. The van der Waals surface area contributed by atoms with E-state index >= 15 is 0 Å². The zero-order valence-corrected chi connectivity index (χ0v) is 11.0. The van der Waals surface area contributed by atoms with E-state index in [1.54, 1.807) is 30.3 Å². The number of carbonyl (C=O) groups is 1. The van der Waals surface area contributed by atoms with Crippen molar-refractivity contribution in [3.8, 4) is 0 Å². The number of halogens is 3. The van der Waals surface area contributed by atoms with Gasteiger partial charge in [0.2, 0.25) is 0 Å². The first kappa shape index (κ1) is 14.6. The third kappa shape index (κ3) is 3.84. The van der Waals surface area contributed by atoms with Crippen molar-refractivity contribution in [2.75, 3.05) is 5.75 Å². The van der Waals surface area contributed by atoms with E-state index in [2.05, 4.69) is 4.98 Å². The van der Waals surface area contributed by atoms with Crippen molar-refractivity contribution >= 4 is 17.5 Å². The van der Waals surface area contributed by atoms with Crippen molar-refractivity contribution in [1.82, 2.24) is 4.98 Å². The summed E-state index contributed by atoms with van der Waals surface area (Å²) in [5, 5.41) is 0.391. The molecule has 1 aromatic heterocycles. The molecular weight excluding hydrogens is 287 g/mol. The van der Waals surface area contributed by atoms with Gasteiger partial charge in [0.25, 0.3) is 0 Å². The Bertz CT molecular complexity index is 582. The van der Waals surface area contributed by atoms with Gasteiger partial charge in [-0.25, -0.2) is 4.98 Å². The number of ketones is 1. The van der Waals surface area contributed by atoms with Crippen molar-refractivity contribution in [3.63, 3.8) is 0 Å². The average molecular weight is 297 g/mol. The molecule has 2 nitrogen and oxygen atoms in total. The standard InChI is InChI=1S/C14H10F3NOS/c15-14(16,17)11-6-7-13(18-8-11)20-9-12(19)10-4-2-1-3-5-10/h1-8H,9H2. The number of hydrogen-bond donors (Lipinski definition) is 0. The fraction of sp³-hybridized carbons (Fsp3) is 0.143. The summed E-state index contributed by atoms with van der Waals surface area (Å²) in [6, 6.07) is 10.9. The second kappa shape index (κ2) is 6.09. The van der Waals surface area contributed by atoms with Crippen molar-refractivity contribution in [2.24, 2.45) is 0 Å². The Kier molecular flexibility index (Phi) is 4.44. The number of alkyl halides is 3. The number of Topliss-reactive ketones (excluding diaryl/α,β-unsaturated/α-hetero) is 1. The lowest BCUT2D eigenvalue weighted by atomic mass is 10.2. The van der Waals surface area contributed by atoms with Gasteiger partial charge in [0.05, 0.1) is 16.3 Å². The maximum absolute atomic E-state index is 12.4. The van der Waals surface area contributed by atoms with Gasteiger partial charge in [-0.2, -0.15) is 13.2 Å². The van der Waals surface area contributed by atoms with E-state index in [1.165, 1.54) is 6.07 Å². The highest BCUT2D eigenvalue weighted by molar-refractivity contribution is 7.99. The van der Waals surface area contributed by atoms with Crippen LogP contribution in [-0.2, 0) is 6.18 Å². The monoisotopic (exact) mass is 297 g/mol. The van der Waals surface area contributed by atoms with Gasteiger partial charge in [0.15, 0.2) is 5.78 Å². The van der Waals surface area contributed by atoms with E-state index in [4.69, 9.17) is 0 Å². The van der Waals surface area contributed by atoms with Crippen LogP contribution in [-0.4, -0.2) is 16.5 Å². The van der Waals surface area contributed by atoms with E-state index in [-0.39, 0.29) is 11.5 Å². The predicted octanol–water partition coefficient (Wildman–Crippen LogP) is 4.08. The summed E-state index contributed by atoms with van der Waals surface area (Å²) in [5.41, 5.74) is -0.219. The molecule has 2 aromatic rings. The Hall–Kier alpha value is -1.82. The van der Waals surface area contributed by atoms with Crippen LogP contribution in [0.5, 0.6) is 0 Å². The molecule has 1 aromatic carbocycles. The largest absolute Gasteiger partial charge is 0.417 e. The highest BCUT2D eigenvalue weighted by atomic mass is 32.2. The Labute approximate surface area is 118 Å². The van der Waals surface area contributed by atoms with Crippen LogP contribution in [0.1, 0.15) is 15.9 Å². The highest BCUT2D eigenvalue weighted by Gasteiger charge is 2.30. The summed E-state index contributed by atoms with van der Waals surface area (Å²) in [6.07, 6.45) is -3.62. The molecule has 6 heteroatoms. The second-order valence-corrected chi connectivity index (χ2v) is 4.96. The Balaban J connectivity index is 1.96. The molecule has 2 rings (SSSR count). The summed E-state index contributed by atoms with van der Waals surface area (Å²) in [4.78, 5) is 15.5. The van der Waals surface area contributed by atoms with Gasteiger partial charge >= 0.3 is 6.18 Å². The summed E-state index contributed by atoms with van der Waals surface area (Å²) in [7, 11) is 0. The Morgan fingerprint density at radius 3 is 2.35 bits per heavy atom. The molecule has 0 amide bonds. The molecule has 0 N–H and O–H groups in total. The van der Waals surface area contributed by atoms with Crippen molar-refractivity contribution < 1.29 is 18.0 Å². The molecule has 0 bridgehead atoms. The van der Waals surface area contributed by atoms with Crippen LogP contribution < -0.4 is 0 Å². The van der Waals surface area contributed by atoms with Gasteiger partial charge < -0.3 is 0 Å². The second-order valence-electron chi connectivity index (χ2n) is 3.96. The van der Waals surface area contributed by atoms with Crippen LogP contribution in [0.25, 0.3) is 0 Å². The van der Waals surface area contributed by atoms with Gasteiger partial charge in [-0.1, -0.05) is 42.1 Å². The molecule has 0 unspecified atom stereocenters. The molecule has 104 valence electrons. The molecule has 0 aliphatic rings. The lowest BCUT2D eigenvalue weighted by Crippen LogP contribution is -2.05. The zero-order valence-electron chi connectivity index (χ0n) is 10.2. The third-order valence-electron chi connectivity index (χ3n) is 2.51. The SMILES string of the molecule is O=C(CSc1ccc(C(F)(F)F)cn1)c1ccccc1. The molecule has 1 heterocycles. The summed E-state index contributed by atoms with van der Waals surface area (Å²) >= 11 is 1.11. The zero-order chi connectivity index (χ0) is 14.6. The van der Waals surface area contributed by atoms with Crippen molar-refractivity contribution in [1.29, 1.82) is 0 Å². The van der Waals surface area contributed by atoms with Crippen LogP contribution in [0, 0.1) is 0 Å². The van der Waals surface area contributed by atoms with Gasteiger partial charge in [0, 0.05) is 11.8 Å². The first-order chi connectivity index (χ1) is 9.47. The van der Waals surface area contributed by atoms with Gasteiger partial charge in [0.1, 0.15) is 0 Å². The van der Waals surface area contributed by atoms with Crippen molar-refractivity contribution in [2.45, 2.75) is 11.2 Å². The Morgan fingerprint density at radius 1 is 1.10 bits per heavy atom. The number of benzene rings is 1. The molecule has 0 radical (unpaired) electrons. The third-order valence-corrected chi connectivity index (χ3v) is 3.45. The van der Waals surface area contributed by atoms with Gasteiger partial charge in [-0.05, 0) is 12.1 Å². The fourth-order valence-electron chi connectivity index (χ4n) is 1.48. The predicted molar refractivity (Wildman–Crippen MR) is 70.7 cm³/mol. The van der Waals surface area contributed by atoms with Crippen LogP contribution in [0.2, 0.25) is 0 Å². The van der Waals surface area contributed by atoms with Gasteiger partial charge in [-0.15, -0.1) is 0 Å². The van der Waals surface area contributed by atoms with Crippen LogP contribution in [0.3, 0.4) is 0 Å². The van der Waals surface area contributed by atoms with E-state index in [0.717, 1.165) is 24.0 Å². The van der Waals surface area contributed by atoms with Crippen molar-refractivity contribution in [3.05, 3.63) is 59.8 Å². The number of carbonyl (C=O) groups excluding carboxylic acids is 1. The van der Waals surface area contributed by atoms with Gasteiger partial charge in [-0.3, -0.25) is 4.79 Å². The molecule has 0 fully saturated rings. The number of rotatable bonds is 4. The average Bonchev–Trinajstić information content (AvgIpc) is 2.45. The first-order valence-electron chi connectivity index (χ1n) is 5.71. The molecule has 0 saturated heterocycles. The summed E-state index contributed by atoms with van der Waals surface area (Å²) in [5.74, 6) is 0.0554. The Morgan fingerprint density at radius 2 is 1.80 bits per heavy atom. The minimum atomic E-state index is -4.39. The maximum Gasteiger partial charge on any atom is 0.417 e. The molecule has 0 saturated carbocycles. The maximum atomic E-state index is 12.4. The topological polar surface area (TPSA) is 30.0 Å². The number of aromatic nitrogens is 1. The number of thioether (sulfide) groups is 1. The van der Waals surface area contributed by atoms with E-state index in [9.17, 15) is 18.0 Å². The molecule has 20 heavy (non-hydrogen) atoms. The normalized spacial score (nSPS) is 11.3. The number of nitrogens with zero attached hydrogens (tertiary/aromatic N) is 1. The van der Waals surface area contributed by atoms with E-state index < -0.39 is 11.7 Å². The van der Waals surface area contributed by atoms with Crippen LogP contribution in [0.4, 0.5) is 13.2 Å². The smallest absolute Gasteiger partial charge is 0.293 e. The van der Waals surface area contributed by atoms with E-state index in [0.29, 0.717) is 10.6 Å². The van der Waals surface area contributed by atoms with Crippen LogP contribution in [0.15, 0.2) is 53.7 Å². The summed E-state index contributed by atoms with van der Waals surface area (Å²) < 4.78 is 37.1. The lowest BCUT2D eigenvalue weighted by Gasteiger charge is -2.06. The molecule has 0 spiro atoms. The fourth-order valence-corrected chi connectivity index (χ4v) is 2.22. The molecule has 0 aliphatic carbocycles. The minimum absolute atomic E-state index is 0.0858. The quantitative estimate of drug-likeness (QED) is 0.629. The summed E-state index contributed by atoms with van der Waals surface area (Å²) in [6.45, 7) is 0. The number of pyridine rings is 1. The number of hydrogen-bond acceptors (Lipinski definition) is 3. The van der Waals surface area contributed by atoms with Crippen LogP contribution >= 0.6 is 11.8 Å². The first-order valence-corrected chi connectivity index (χ1v) is 6.69.